The molecule has 6 rings (SSSR count). The minimum Gasteiger partial charge on any atom is -0.456 e. The van der Waals surface area contributed by atoms with Crippen molar-refractivity contribution in [2.45, 2.75) is 0 Å². The third-order valence-corrected chi connectivity index (χ3v) is 6.85. The van der Waals surface area contributed by atoms with Crippen LogP contribution in [0.15, 0.2) is 133 Å². The summed E-state index contributed by atoms with van der Waals surface area (Å²) in [7, 11) is 0. The number of rotatable bonds is 7. The molecule has 5 heteroatoms. The Labute approximate surface area is 242 Å². The van der Waals surface area contributed by atoms with Gasteiger partial charge in [0.2, 0.25) is 0 Å². The summed E-state index contributed by atoms with van der Waals surface area (Å²) in [4.78, 5) is 0. The summed E-state index contributed by atoms with van der Waals surface area (Å²) in [6.07, 6.45) is 0. The van der Waals surface area contributed by atoms with Gasteiger partial charge in [0.1, 0.15) is 23.1 Å². The molecule has 41 heavy (non-hydrogen) atoms. The Morgan fingerprint density at radius 1 is 0.537 bits per heavy atom. The first-order valence-corrected chi connectivity index (χ1v) is 13.3. The zero-order chi connectivity index (χ0) is 28.2. The van der Waals surface area contributed by atoms with E-state index in [1.807, 2.05) is 91.0 Å². The lowest BCUT2D eigenvalue weighted by Gasteiger charge is -2.19. The van der Waals surface area contributed by atoms with Crippen molar-refractivity contribution in [3.63, 3.8) is 0 Å². The van der Waals surface area contributed by atoms with Gasteiger partial charge in [0, 0.05) is 28.3 Å². The molecule has 6 aromatic rings. The van der Waals surface area contributed by atoms with Gasteiger partial charge in [-0.05, 0) is 53.6 Å². The van der Waals surface area contributed by atoms with Gasteiger partial charge < -0.3 is 9.47 Å². The summed E-state index contributed by atoms with van der Waals surface area (Å²) in [5.74, 6) is 0.0929. The van der Waals surface area contributed by atoms with E-state index in [0.29, 0.717) is 33.9 Å². The van der Waals surface area contributed by atoms with Crippen molar-refractivity contribution < 1.29 is 18.3 Å². The Kier molecular flexibility index (Phi) is 7.48. The van der Waals surface area contributed by atoms with E-state index in [1.165, 1.54) is 18.2 Å². The molecule has 0 fully saturated rings. The lowest BCUT2D eigenvalue weighted by Crippen LogP contribution is -1.98. The summed E-state index contributed by atoms with van der Waals surface area (Å²) in [5, 5.41) is -0.0813. The lowest BCUT2D eigenvalue weighted by atomic mass is 9.94. The van der Waals surface area contributed by atoms with E-state index in [2.05, 4.69) is 6.07 Å². The standard InChI is InChI=1S/C36H22ClF2O2/c37-32-23-27(19-22-33(32)38)41-35-28(24-11-4-1-5-12-24)17-10-18-31(35)30-21-20-29(25-13-6-2-7-14-25)36(34(30)39)40-26-15-8-3-9-16-26/h1-17,19-23H. The van der Waals surface area contributed by atoms with E-state index < -0.39 is 11.6 Å². The topological polar surface area (TPSA) is 18.5 Å². The molecule has 199 valence electrons. The Bertz CT molecular complexity index is 1810. The fourth-order valence-corrected chi connectivity index (χ4v) is 4.76. The predicted molar refractivity (Wildman–Crippen MR) is 160 cm³/mol. The summed E-state index contributed by atoms with van der Waals surface area (Å²) < 4.78 is 43.1. The van der Waals surface area contributed by atoms with Gasteiger partial charge >= 0.3 is 0 Å². The minimum atomic E-state index is -0.571. The Morgan fingerprint density at radius 2 is 1.10 bits per heavy atom. The van der Waals surface area contributed by atoms with Crippen LogP contribution in [0.2, 0.25) is 5.02 Å². The third kappa shape index (κ3) is 5.56. The van der Waals surface area contributed by atoms with Crippen molar-refractivity contribution in [1.82, 2.24) is 0 Å². The maximum Gasteiger partial charge on any atom is 0.174 e. The molecule has 0 atom stereocenters. The molecule has 2 nitrogen and oxygen atoms in total. The summed E-state index contributed by atoms with van der Waals surface area (Å²) in [5.41, 5.74) is 3.58. The SMILES string of the molecule is Fc1ccc(Oc2c(-c3ccc(-c4ccccc4)c(Oc4ccccc4)c3F)[c]ccc2-c2ccccc2)cc1Cl. The third-order valence-electron chi connectivity index (χ3n) is 6.56. The van der Waals surface area contributed by atoms with Crippen molar-refractivity contribution in [3.05, 3.63) is 156 Å². The van der Waals surface area contributed by atoms with Crippen LogP contribution in [-0.2, 0) is 0 Å². The zero-order valence-corrected chi connectivity index (χ0v) is 22.4. The molecule has 0 aromatic heterocycles. The number of benzene rings is 6. The smallest absolute Gasteiger partial charge is 0.174 e. The molecule has 0 spiro atoms. The number of para-hydroxylation sites is 1. The molecule has 0 aliphatic rings. The number of hydrogen-bond acceptors (Lipinski definition) is 2. The van der Waals surface area contributed by atoms with Crippen LogP contribution in [0.25, 0.3) is 33.4 Å². The monoisotopic (exact) mass is 559 g/mol. The molecule has 0 heterocycles. The Balaban J connectivity index is 1.56. The molecule has 0 aliphatic carbocycles. The molecule has 0 saturated heterocycles. The first-order valence-electron chi connectivity index (χ1n) is 12.9. The van der Waals surface area contributed by atoms with Crippen LogP contribution >= 0.6 is 11.6 Å². The highest BCUT2D eigenvalue weighted by molar-refractivity contribution is 6.30. The highest BCUT2D eigenvalue weighted by Crippen LogP contribution is 2.46. The van der Waals surface area contributed by atoms with E-state index in [9.17, 15) is 4.39 Å². The maximum atomic E-state index is 16.7. The van der Waals surface area contributed by atoms with Crippen molar-refractivity contribution >= 4 is 11.6 Å². The zero-order valence-electron chi connectivity index (χ0n) is 21.7. The number of hydrogen-bond donors (Lipinski definition) is 0. The molecule has 0 saturated carbocycles. The first-order chi connectivity index (χ1) is 20.1. The minimum absolute atomic E-state index is 0.0780. The average Bonchev–Trinajstić information content (AvgIpc) is 3.01. The van der Waals surface area contributed by atoms with Crippen LogP contribution in [0.3, 0.4) is 0 Å². The molecular formula is C36H22ClF2O2. The molecule has 0 bridgehead atoms. The maximum absolute atomic E-state index is 16.7. The van der Waals surface area contributed by atoms with Gasteiger partial charge in [0.15, 0.2) is 11.6 Å². The first kappa shape index (κ1) is 26.3. The highest BCUT2D eigenvalue weighted by Gasteiger charge is 2.23. The van der Waals surface area contributed by atoms with Crippen LogP contribution in [0.1, 0.15) is 0 Å². The second-order valence-corrected chi connectivity index (χ2v) is 9.63. The van der Waals surface area contributed by atoms with Crippen LogP contribution in [0.5, 0.6) is 23.0 Å². The van der Waals surface area contributed by atoms with E-state index in [1.54, 1.807) is 24.3 Å². The Morgan fingerprint density at radius 3 is 1.73 bits per heavy atom. The van der Waals surface area contributed by atoms with E-state index in [4.69, 9.17) is 21.1 Å². The van der Waals surface area contributed by atoms with Gasteiger partial charge in [0.25, 0.3) is 0 Å². The van der Waals surface area contributed by atoms with Gasteiger partial charge in [0.05, 0.1) is 5.02 Å². The highest BCUT2D eigenvalue weighted by atomic mass is 35.5. The number of halogens is 3. The molecule has 1 radical (unpaired) electrons. The summed E-state index contributed by atoms with van der Waals surface area (Å²) >= 11 is 6.05. The van der Waals surface area contributed by atoms with Gasteiger partial charge in [-0.2, -0.15) is 0 Å². The second kappa shape index (κ2) is 11.7. The normalized spacial score (nSPS) is 10.8. The molecule has 0 amide bonds. The molecule has 0 unspecified atom stereocenters. The van der Waals surface area contributed by atoms with Gasteiger partial charge in [-0.1, -0.05) is 103 Å². The average molecular weight is 560 g/mol. The van der Waals surface area contributed by atoms with Gasteiger partial charge in [-0.3, -0.25) is 0 Å². The van der Waals surface area contributed by atoms with Crippen LogP contribution in [0.4, 0.5) is 8.78 Å². The van der Waals surface area contributed by atoms with Crippen molar-refractivity contribution in [2.75, 3.05) is 0 Å². The fourth-order valence-electron chi connectivity index (χ4n) is 4.59. The summed E-state index contributed by atoms with van der Waals surface area (Å²) in [6.45, 7) is 0. The quantitative estimate of drug-likeness (QED) is 0.194. The van der Waals surface area contributed by atoms with Crippen LogP contribution < -0.4 is 9.47 Å². The molecule has 6 aromatic carbocycles. The number of ether oxygens (including phenoxy) is 2. The van der Waals surface area contributed by atoms with Gasteiger partial charge in [-0.15, -0.1) is 0 Å². The fraction of sp³-hybridized carbons (Fsp3) is 0. The molecular weight excluding hydrogens is 538 g/mol. The lowest BCUT2D eigenvalue weighted by molar-refractivity contribution is 0.444. The molecule has 0 aliphatic heterocycles. The van der Waals surface area contributed by atoms with E-state index >= 15 is 4.39 Å². The predicted octanol–water partition coefficient (Wildman–Crippen LogP) is 11.0. The summed E-state index contributed by atoms with van der Waals surface area (Å²) in [6, 6.07) is 42.5. The Hall–Kier alpha value is -4.93. The van der Waals surface area contributed by atoms with Crippen molar-refractivity contribution in [3.8, 4) is 56.4 Å². The molecule has 0 N–H and O–H groups in total. The van der Waals surface area contributed by atoms with Gasteiger partial charge in [-0.25, -0.2) is 8.78 Å². The van der Waals surface area contributed by atoms with Crippen molar-refractivity contribution in [1.29, 1.82) is 0 Å². The van der Waals surface area contributed by atoms with Crippen molar-refractivity contribution in [2.24, 2.45) is 0 Å². The second-order valence-electron chi connectivity index (χ2n) is 9.22. The van der Waals surface area contributed by atoms with E-state index in [0.717, 1.165) is 11.1 Å². The van der Waals surface area contributed by atoms with Crippen LogP contribution in [0, 0.1) is 17.7 Å². The van der Waals surface area contributed by atoms with Crippen LogP contribution in [-0.4, -0.2) is 0 Å². The largest absolute Gasteiger partial charge is 0.456 e. The van der Waals surface area contributed by atoms with E-state index in [-0.39, 0.29) is 16.3 Å².